The van der Waals surface area contributed by atoms with Crippen LogP contribution in [-0.4, -0.2) is 85.4 Å². The zero-order valence-corrected chi connectivity index (χ0v) is 17.0. The zero-order chi connectivity index (χ0) is 19.9. The van der Waals surface area contributed by atoms with Gasteiger partial charge in [0.2, 0.25) is 0 Å². The fourth-order valence-electron chi connectivity index (χ4n) is 3.80. The molecule has 0 amide bonds. The fourth-order valence-corrected chi connectivity index (χ4v) is 3.80. The molecular weight excluding hydrogens is 370 g/mol. The first-order valence-corrected chi connectivity index (χ1v) is 10.2. The highest BCUT2D eigenvalue weighted by molar-refractivity contribution is 5.80. The molecule has 0 atom stereocenters. The molecule has 156 valence electrons. The van der Waals surface area contributed by atoms with Crippen molar-refractivity contribution >= 4 is 11.8 Å². The molecule has 4 heterocycles. The summed E-state index contributed by atoms with van der Waals surface area (Å²) in [4.78, 5) is 16.1. The van der Waals surface area contributed by atoms with Crippen LogP contribution >= 0.6 is 0 Å². The number of guanidine groups is 1. The third-order valence-corrected chi connectivity index (χ3v) is 5.38. The van der Waals surface area contributed by atoms with Gasteiger partial charge in [0.1, 0.15) is 12.1 Å². The van der Waals surface area contributed by atoms with Crippen LogP contribution in [0.15, 0.2) is 40.2 Å². The lowest BCUT2D eigenvalue weighted by Gasteiger charge is -2.36. The first-order chi connectivity index (χ1) is 14.3. The van der Waals surface area contributed by atoms with E-state index < -0.39 is 0 Å². The van der Waals surface area contributed by atoms with Crippen molar-refractivity contribution in [1.29, 1.82) is 0 Å². The van der Waals surface area contributed by atoms with E-state index in [-0.39, 0.29) is 0 Å². The average molecular weight is 399 g/mol. The van der Waals surface area contributed by atoms with Crippen molar-refractivity contribution in [2.45, 2.75) is 13.1 Å². The summed E-state index contributed by atoms with van der Waals surface area (Å²) >= 11 is 0. The van der Waals surface area contributed by atoms with Crippen molar-refractivity contribution < 1.29 is 9.26 Å². The van der Waals surface area contributed by atoms with Crippen molar-refractivity contribution in [3.8, 4) is 0 Å². The number of aromatic nitrogens is 2. The molecule has 2 aliphatic rings. The Morgan fingerprint density at radius 3 is 2.69 bits per heavy atom. The van der Waals surface area contributed by atoms with Gasteiger partial charge in [0.25, 0.3) is 0 Å². The molecule has 2 aromatic heterocycles. The Balaban J connectivity index is 1.31. The van der Waals surface area contributed by atoms with Crippen LogP contribution in [0.2, 0.25) is 0 Å². The van der Waals surface area contributed by atoms with Gasteiger partial charge in [-0.05, 0) is 6.07 Å². The Labute approximate surface area is 171 Å². The maximum Gasteiger partial charge on any atom is 0.194 e. The number of ether oxygens (including phenoxy) is 1. The predicted octanol–water partition coefficient (Wildman–Crippen LogP) is 0.799. The minimum Gasteiger partial charge on any atom is -0.378 e. The summed E-state index contributed by atoms with van der Waals surface area (Å²) in [6, 6.07) is 6.05. The van der Waals surface area contributed by atoms with Crippen molar-refractivity contribution in [2.24, 2.45) is 4.99 Å². The standard InChI is InChI=1S/C20H29N7O2/c1-21-20(27-8-6-25(7-9-27)16-18-4-12-29-24-18)23-15-17-3-2-5-22-19(17)26-10-13-28-14-11-26/h2-5,12H,6-11,13-16H2,1H3,(H,21,23). The maximum absolute atomic E-state index is 5.47. The van der Waals surface area contributed by atoms with Gasteiger partial charge in [0.15, 0.2) is 5.96 Å². The summed E-state index contributed by atoms with van der Waals surface area (Å²) in [5.74, 6) is 1.97. The van der Waals surface area contributed by atoms with Gasteiger partial charge in [-0.3, -0.25) is 9.89 Å². The molecule has 9 nitrogen and oxygen atoms in total. The van der Waals surface area contributed by atoms with E-state index in [1.165, 1.54) is 5.56 Å². The Morgan fingerprint density at radius 2 is 1.97 bits per heavy atom. The van der Waals surface area contributed by atoms with Crippen LogP contribution in [0.25, 0.3) is 0 Å². The second kappa shape index (κ2) is 9.71. The predicted molar refractivity (Wildman–Crippen MR) is 111 cm³/mol. The van der Waals surface area contributed by atoms with E-state index >= 15 is 0 Å². The van der Waals surface area contributed by atoms with Gasteiger partial charge in [-0.25, -0.2) is 4.98 Å². The number of anilines is 1. The molecule has 0 saturated carbocycles. The summed E-state index contributed by atoms with van der Waals surface area (Å²) in [6.07, 6.45) is 3.48. The zero-order valence-electron chi connectivity index (χ0n) is 17.0. The summed E-state index contributed by atoms with van der Waals surface area (Å²) < 4.78 is 10.4. The molecule has 29 heavy (non-hydrogen) atoms. The summed E-state index contributed by atoms with van der Waals surface area (Å²) in [5, 5.41) is 7.53. The Hall–Kier alpha value is -2.65. The number of pyridine rings is 1. The molecule has 1 N–H and O–H groups in total. The van der Waals surface area contributed by atoms with Crippen LogP contribution in [0.1, 0.15) is 11.3 Å². The molecule has 0 radical (unpaired) electrons. The molecule has 9 heteroatoms. The molecule has 0 bridgehead atoms. The molecule has 2 aromatic rings. The highest BCUT2D eigenvalue weighted by Gasteiger charge is 2.21. The van der Waals surface area contributed by atoms with Crippen molar-refractivity contribution in [3.63, 3.8) is 0 Å². The van der Waals surface area contributed by atoms with Crippen molar-refractivity contribution in [2.75, 3.05) is 64.4 Å². The van der Waals surface area contributed by atoms with Crippen molar-refractivity contribution in [1.82, 2.24) is 25.3 Å². The highest BCUT2D eigenvalue weighted by Crippen LogP contribution is 2.18. The number of morpholine rings is 1. The Morgan fingerprint density at radius 1 is 1.14 bits per heavy atom. The topological polar surface area (TPSA) is 82.3 Å². The molecule has 2 saturated heterocycles. The van der Waals surface area contributed by atoms with Crippen LogP contribution in [0.4, 0.5) is 5.82 Å². The minimum atomic E-state index is 0.701. The number of aliphatic imine (C=N–C) groups is 1. The SMILES string of the molecule is CN=C(NCc1cccnc1N1CCOCC1)N1CCN(Cc2ccon2)CC1. The smallest absolute Gasteiger partial charge is 0.194 e. The second-order valence-electron chi connectivity index (χ2n) is 7.24. The third kappa shape index (κ3) is 5.04. The van der Waals surface area contributed by atoms with E-state index in [4.69, 9.17) is 9.26 Å². The third-order valence-electron chi connectivity index (χ3n) is 5.38. The van der Waals surface area contributed by atoms with E-state index in [1.54, 1.807) is 6.26 Å². The van der Waals surface area contributed by atoms with Gasteiger partial charge >= 0.3 is 0 Å². The minimum absolute atomic E-state index is 0.701. The molecule has 0 spiro atoms. The number of hydrogen-bond donors (Lipinski definition) is 1. The fraction of sp³-hybridized carbons (Fsp3) is 0.550. The molecule has 0 aromatic carbocycles. The number of nitrogens with zero attached hydrogens (tertiary/aromatic N) is 6. The summed E-state index contributed by atoms with van der Waals surface area (Å²) in [5.41, 5.74) is 2.16. The summed E-state index contributed by atoms with van der Waals surface area (Å²) in [6.45, 7) is 8.61. The monoisotopic (exact) mass is 399 g/mol. The van der Waals surface area contributed by atoms with E-state index in [9.17, 15) is 0 Å². The molecule has 0 aliphatic carbocycles. The van der Waals surface area contributed by atoms with Crippen molar-refractivity contribution in [3.05, 3.63) is 41.9 Å². The van der Waals surface area contributed by atoms with Gasteiger partial charge in [0.05, 0.1) is 18.9 Å². The number of rotatable bonds is 5. The molecule has 2 fully saturated rings. The lowest BCUT2D eigenvalue weighted by molar-refractivity contribution is 0.122. The lowest BCUT2D eigenvalue weighted by Crippen LogP contribution is -2.52. The van der Waals surface area contributed by atoms with Gasteiger partial charge in [0, 0.05) is 77.2 Å². The first-order valence-electron chi connectivity index (χ1n) is 10.2. The average Bonchev–Trinajstić information content (AvgIpc) is 3.29. The lowest BCUT2D eigenvalue weighted by atomic mass is 10.2. The van der Waals surface area contributed by atoms with Crippen LogP contribution < -0.4 is 10.2 Å². The van der Waals surface area contributed by atoms with E-state index in [0.717, 1.165) is 76.5 Å². The molecule has 2 aliphatic heterocycles. The molecular formula is C20H29N7O2. The number of piperazine rings is 1. The first kappa shape index (κ1) is 19.7. The summed E-state index contributed by atoms with van der Waals surface area (Å²) in [7, 11) is 1.84. The van der Waals surface area contributed by atoms with Crippen LogP contribution in [-0.2, 0) is 17.8 Å². The molecule has 4 rings (SSSR count). The van der Waals surface area contributed by atoms with E-state index in [0.29, 0.717) is 6.54 Å². The van der Waals surface area contributed by atoms with E-state index in [1.807, 2.05) is 25.4 Å². The number of nitrogens with one attached hydrogen (secondary N) is 1. The normalized spacial score (nSPS) is 18.9. The highest BCUT2D eigenvalue weighted by atomic mass is 16.5. The second-order valence-corrected chi connectivity index (χ2v) is 7.24. The van der Waals surface area contributed by atoms with Gasteiger partial charge in [-0.15, -0.1) is 0 Å². The molecule has 0 unspecified atom stereocenters. The van der Waals surface area contributed by atoms with Gasteiger partial charge < -0.3 is 24.4 Å². The van der Waals surface area contributed by atoms with Crippen LogP contribution in [0, 0.1) is 0 Å². The van der Waals surface area contributed by atoms with E-state index in [2.05, 4.69) is 41.2 Å². The Bertz CT molecular complexity index is 782. The quantitative estimate of drug-likeness (QED) is 0.584. The van der Waals surface area contributed by atoms with Crippen LogP contribution in [0.3, 0.4) is 0 Å². The number of hydrogen-bond acceptors (Lipinski definition) is 7. The van der Waals surface area contributed by atoms with Gasteiger partial charge in [-0.2, -0.15) is 0 Å². The largest absolute Gasteiger partial charge is 0.378 e. The maximum atomic E-state index is 5.47. The Kier molecular flexibility index (Phi) is 6.58. The van der Waals surface area contributed by atoms with Gasteiger partial charge in [-0.1, -0.05) is 11.2 Å². The van der Waals surface area contributed by atoms with Crippen LogP contribution in [0.5, 0.6) is 0 Å².